The number of piperazine rings is 1. The smallest absolute Gasteiger partial charge is 0.292 e. The van der Waals surface area contributed by atoms with Crippen molar-refractivity contribution in [3.8, 4) is 11.3 Å². The van der Waals surface area contributed by atoms with Crippen LogP contribution in [0.25, 0.3) is 22.4 Å². The summed E-state index contributed by atoms with van der Waals surface area (Å²) in [6, 6.07) is 11.0. The molecule has 2 aromatic heterocycles. The number of rotatable bonds is 6. The third-order valence-electron chi connectivity index (χ3n) is 7.02. The molecule has 5 rings (SSSR count). The molecule has 8 heteroatoms. The van der Waals surface area contributed by atoms with E-state index in [-0.39, 0.29) is 6.01 Å². The number of pyridine rings is 1. The Morgan fingerprint density at radius 2 is 1.94 bits per heavy atom. The van der Waals surface area contributed by atoms with Crippen molar-refractivity contribution in [2.24, 2.45) is 4.99 Å². The molecule has 1 atom stereocenters. The molecule has 3 aromatic rings. The lowest BCUT2D eigenvalue weighted by atomic mass is 10.0. The average molecular weight is 448 g/mol. The Hall–Kier alpha value is -2.81. The van der Waals surface area contributed by atoms with Gasteiger partial charge in [-0.2, -0.15) is 4.98 Å². The first-order valence-electron chi connectivity index (χ1n) is 11.9. The van der Waals surface area contributed by atoms with E-state index in [0.29, 0.717) is 17.7 Å². The zero-order chi connectivity index (χ0) is 22.9. The van der Waals surface area contributed by atoms with Crippen LogP contribution >= 0.6 is 0 Å². The number of fused-ring (bicyclic) bond motifs is 1. The van der Waals surface area contributed by atoms with E-state index in [4.69, 9.17) is 20.1 Å². The molecule has 0 amide bonds. The average Bonchev–Trinajstić information content (AvgIpc) is 3.17. The highest BCUT2D eigenvalue weighted by Crippen LogP contribution is 2.27. The maximum absolute atomic E-state index is 5.66. The number of aryl methyl sites for hydroxylation is 1. The van der Waals surface area contributed by atoms with Crippen molar-refractivity contribution >= 4 is 29.0 Å². The Balaban J connectivity index is 1.18. The van der Waals surface area contributed by atoms with Crippen molar-refractivity contribution in [2.45, 2.75) is 32.9 Å². The predicted octanol–water partition coefficient (Wildman–Crippen LogP) is 3.19. The summed E-state index contributed by atoms with van der Waals surface area (Å²) in [6.07, 6.45) is 2.05. The zero-order valence-corrected chi connectivity index (χ0v) is 19.7. The van der Waals surface area contributed by atoms with Gasteiger partial charge in [0.2, 0.25) is 0 Å². The molecule has 0 radical (unpaired) electrons. The van der Waals surface area contributed by atoms with Crippen molar-refractivity contribution in [3.05, 3.63) is 36.0 Å². The van der Waals surface area contributed by atoms with Gasteiger partial charge in [0.25, 0.3) is 6.01 Å². The van der Waals surface area contributed by atoms with Crippen LogP contribution in [0.3, 0.4) is 0 Å². The number of anilines is 1. The first-order chi connectivity index (χ1) is 16.0. The van der Waals surface area contributed by atoms with Crippen LogP contribution in [0, 0.1) is 6.92 Å². The summed E-state index contributed by atoms with van der Waals surface area (Å²) >= 11 is 0. The number of likely N-dealkylation sites (N-methyl/N-ethyl adjacent to an activating group) is 1. The van der Waals surface area contributed by atoms with E-state index in [9.17, 15) is 0 Å². The number of nitrogens with two attached hydrogens (primary N) is 1. The molecule has 174 valence electrons. The second-order valence-electron chi connectivity index (χ2n) is 9.13. The van der Waals surface area contributed by atoms with Gasteiger partial charge in [0.15, 0.2) is 5.58 Å². The summed E-state index contributed by atoms with van der Waals surface area (Å²) in [5.74, 6) is 0. The number of nitrogens with zero attached hydrogens (tertiary/aromatic N) is 6. The third-order valence-corrected chi connectivity index (χ3v) is 7.02. The van der Waals surface area contributed by atoms with Crippen molar-refractivity contribution < 1.29 is 4.42 Å². The molecule has 1 unspecified atom stereocenters. The molecule has 2 saturated heterocycles. The van der Waals surface area contributed by atoms with Gasteiger partial charge in [-0.05, 0) is 50.7 Å². The Morgan fingerprint density at radius 3 is 2.67 bits per heavy atom. The maximum Gasteiger partial charge on any atom is 0.292 e. The molecule has 33 heavy (non-hydrogen) atoms. The minimum absolute atomic E-state index is 0.178. The number of benzene rings is 1. The molecule has 2 aliphatic heterocycles. The molecule has 8 nitrogen and oxygen atoms in total. The van der Waals surface area contributed by atoms with E-state index in [1.165, 1.54) is 32.7 Å². The van der Waals surface area contributed by atoms with Crippen LogP contribution in [0.5, 0.6) is 0 Å². The van der Waals surface area contributed by atoms with Crippen LogP contribution in [-0.4, -0.2) is 88.8 Å². The van der Waals surface area contributed by atoms with Crippen LogP contribution in [0.4, 0.5) is 11.7 Å². The van der Waals surface area contributed by atoms with Gasteiger partial charge in [0.05, 0.1) is 17.1 Å². The largest absolute Gasteiger partial charge is 0.424 e. The fraction of sp³-hybridized carbons (Fsp3) is 0.480. The molecular formula is C25H33N7O. The van der Waals surface area contributed by atoms with E-state index in [2.05, 4.69) is 39.7 Å². The van der Waals surface area contributed by atoms with Gasteiger partial charge in [-0.15, -0.1) is 0 Å². The first-order valence-corrected chi connectivity index (χ1v) is 11.9. The van der Waals surface area contributed by atoms with Crippen LogP contribution in [0.2, 0.25) is 0 Å². The van der Waals surface area contributed by atoms with Crippen molar-refractivity contribution in [3.63, 3.8) is 0 Å². The third kappa shape index (κ3) is 4.64. The van der Waals surface area contributed by atoms with Gasteiger partial charge in [-0.1, -0.05) is 6.92 Å². The Bertz CT molecular complexity index is 1140. The Labute approximate surface area is 195 Å². The summed E-state index contributed by atoms with van der Waals surface area (Å²) in [5, 5.41) is 0. The topological polar surface area (TPSA) is 87.0 Å². The molecule has 0 saturated carbocycles. The number of aliphatic imine (C=N–C) groups is 1. The normalized spacial score (nSPS) is 20.0. The minimum Gasteiger partial charge on any atom is -0.424 e. The molecule has 1 aromatic carbocycles. The lowest BCUT2D eigenvalue weighted by Gasteiger charge is -2.49. The molecule has 0 spiro atoms. The predicted molar refractivity (Wildman–Crippen MR) is 133 cm³/mol. The highest BCUT2D eigenvalue weighted by molar-refractivity contribution is 5.80. The van der Waals surface area contributed by atoms with Crippen molar-refractivity contribution in [1.82, 2.24) is 24.7 Å². The monoisotopic (exact) mass is 447 g/mol. The number of oxazole rings is 1. The Kier molecular flexibility index (Phi) is 6.14. The van der Waals surface area contributed by atoms with Gasteiger partial charge in [0.1, 0.15) is 5.52 Å². The number of hydrogen-bond acceptors (Lipinski definition) is 8. The number of hydrogen-bond donors (Lipinski definition) is 1. The number of likely N-dealkylation sites (tertiary alicyclic amines) is 1. The second kappa shape index (κ2) is 9.21. The molecule has 4 heterocycles. The van der Waals surface area contributed by atoms with Crippen LogP contribution in [0.1, 0.15) is 19.5 Å². The summed E-state index contributed by atoms with van der Waals surface area (Å²) in [7, 11) is 0. The summed E-state index contributed by atoms with van der Waals surface area (Å²) in [5.41, 5.74) is 10.8. The van der Waals surface area contributed by atoms with Gasteiger partial charge in [-0.3, -0.25) is 19.8 Å². The first kappa shape index (κ1) is 22.0. The number of nitrogen functional groups attached to an aromatic ring is 1. The van der Waals surface area contributed by atoms with Gasteiger partial charge in [0, 0.05) is 63.1 Å². The summed E-state index contributed by atoms with van der Waals surface area (Å²) < 4.78 is 5.36. The quantitative estimate of drug-likeness (QED) is 0.581. The fourth-order valence-corrected chi connectivity index (χ4v) is 4.73. The highest BCUT2D eigenvalue weighted by atomic mass is 16.4. The molecule has 2 N–H and O–H groups in total. The SMILES string of the molecule is CCN1CCN(C2CN(C(C)C=Nc3ccc(-c4ccc5oc(N)nc5c4)nc3C)C2)CC1. The summed E-state index contributed by atoms with van der Waals surface area (Å²) in [4.78, 5) is 21.4. The van der Waals surface area contributed by atoms with Crippen molar-refractivity contribution in [2.75, 3.05) is 51.5 Å². The minimum atomic E-state index is 0.178. The molecule has 2 fully saturated rings. The maximum atomic E-state index is 5.66. The van der Waals surface area contributed by atoms with E-state index >= 15 is 0 Å². The van der Waals surface area contributed by atoms with E-state index in [0.717, 1.165) is 41.2 Å². The summed E-state index contributed by atoms with van der Waals surface area (Å²) in [6.45, 7) is 14.7. The Morgan fingerprint density at radius 1 is 1.15 bits per heavy atom. The standard InChI is InChI=1S/C25H33N7O/c1-4-30-9-11-31(12-10-30)20-15-32(16-20)17(2)14-27-21-6-7-22(28-18(21)3)19-5-8-24-23(13-19)29-25(26)33-24/h5-8,13-14,17,20H,4,9-12,15-16H2,1-3H3,(H2,26,29). The molecule has 0 bridgehead atoms. The van der Waals surface area contributed by atoms with Gasteiger partial charge >= 0.3 is 0 Å². The lowest BCUT2D eigenvalue weighted by molar-refractivity contribution is 0.000432. The molecule has 2 aliphatic rings. The lowest BCUT2D eigenvalue weighted by Crippen LogP contribution is -2.64. The van der Waals surface area contributed by atoms with Gasteiger partial charge < -0.3 is 15.1 Å². The fourth-order valence-electron chi connectivity index (χ4n) is 4.73. The van der Waals surface area contributed by atoms with Crippen LogP contribution in [-0.2, 0) is 0 Å². The van der Waals surface area contributed by atoms with Crippen LogP contribution in [0.15, 0.2) is 39.7 Å². The van der Waals surface area contributed by atoms with Gasteiger partial charge in [-0.25, -0.2) is 0 Å². The zero-order valence-electron chi connectivity index (χ0n) is 19.7. The second-order valence-corrected chi connectivity index (χ2v) is 9.13. The molecule has 0 aliphatic carbocycles. The van der Waals surface area contributed by atoms with Crippen molar-refractivity contribution in [1.29, 1.82) is 0 Å². The van der Waals surface area contributed by atoms with E-state index in [1.54, 1.807) is 0 Å². The number of aromatic nitrogens is 2. The molecular weight excluding hydrogens is 414 g/mol. The van der Waals surface area contributed by atoms with E-state index < -0.39 is 0 Å². The van der Waals surface area contributed by atoms with Crippen LogP contribution < -0.4 is 5.73 Å². The highest BCUT2D eigenvalue weighted by Gasteiger charge is 2.35. The van der Waals surface area contributed by atoms with E-state index in [1.807, 2.05) is 37.3 Å².